The summed E-state index contributed by atoms with van der Waals surface area (Å²) in [7, 11) is 1.89. The first-order chi connectivity index (χ1) is 15.6. The van der Waals surface area contributed by atoms with Crippen LogP contribution in [0.3, 0.4) is 0 Å². The molecule has 0 unspecified atom stereocenters. The van der Waals surface area contributed by atoms with Gasteiger partial charge in [-0.15, -0.1) is 0 Å². The van der Waals surface area contributed by atoms with E-state index in [2.05, 4.69) is 73.3 Å². The van der Waals surface area contributed by atoms with E-state index in [0.29, 0.717) is 17.3 Å². The minimum atomic E-state index is 0.159. The van der Waals surface area contributed by atoms with Crippen molar-refractivity contribution in [2.75, 3.05) is 41.8 Å². The first-order valence-electron chi connectivity index (χ1n) is 10.8. The highest BCUT2D eigenvalue weighted by atomic mass is 16.5. The van der Waals surface area contributed by atoms with Crippen LogP contribution < -0.4 is 15.5 Å². The van der Waals surface area contributed by atoms with E-state index < -0.39 is 0 Å². The summed E-state index contributed by atoms with van der Waals surface area (Å²) in [6.45, 7) is 7.58. The van der Waals surface area contributed by atoms with Gasteiger partial charge in [0, 0.05) is 43.6 Å². The molecule has 1 fully saturated rings. The number of anilines is 5. The second-order valence-electron chi connectivity index (χ2n) is 8.03. The van der Waals surface area contributed by atoms with Gasteiger partial charge in [0.2, 0.25) is 5.95 Å². The molecular weight excluding hydrogens is 406 g/mol. The molecule has 10 nitrogen and oxygen atoms in total. The van der Waals surface area contributed by atoms with E-state index in [-0.39, 0.29) is 6.04 Å². The summed E-state index contributed by atoms with van der Waals surface area (Å²) < 4.78 is 9.28. The van der Waals surface area contributed by atoms with E-state index in [1.54, 1.807) is 17.2 Å². The Morgan fingerprint density at radius 1 is 1.00 bits per heavy atom. The van der Waals surface area contributed by atoms with Gasteiger partial charge in [0.05, 0.1) is 19.4 Å². The van der Waals surface area contributed by atoms with E-state index in [0.717, 1.165) is 43.5 Å². The molecule has 1 aliphatic heterocycles. The minimum Gasteiger partial charge on any atom is -0.378 e. The van der Waals surface area contributed by atoms with Crippen LogP contribution in [0.25, 0.3) is 11.2 Å². The molecule has 4 heterocycles. The molecule has 1 saturated heterocycles. The molecule has 0 radical (unpaired) electrons. The summed E-state index contributed by atoms with van der Waals surface area (Å²) in [5.41, 5.74) is 3.62. The third-order valence-electron chi connectivity index (χ3n) is 5.56. The highest BCUT2D eigenvalue weighted by Gasteiger charge is 2.19. The first kappa shape index (κ1) is 20.3. The molecule has 4 aromatic rings. The van der Waals surface area contributed by atoms with Gasteiger partial charge in [0.1, 0.15) is 12.1 Å². The van der Waals surface area contributed by atoms with Crippen molar-refractivity contribution in [3.63, 3.8) is 0 Å². The molecule has 0 aliphatic carbocycles. The van der Waals surface area contributed by atoms with Crippen molar-refractivity contribution in [3.8, 4) is 0 Å². The van der Waals surface area contributed by atoms with Crippen molar-refractivity contribution >= 4 is 40.1 Å². The van der Waals surface area contributed by atoms with Crippen LogP contribution in [0.1, 0.15) is 19.9 Å². The smallest absolute Gasteiger partial charge is 0.211 e. The maximum Gasteiger partial charge on any atom is 0.211 e. The van der Waals surface area contributed by atoms with Gasteiger partial charge in [-0.25, -0.2) is 15.0 Å². The molecule has 1 aliphatic rings. The van der Waals surface area contributed by atoms with Gasteiger partial charge in [-0.05, 0) is 38.1 Å². The second-order valence-corrected chi connectivity index (χ2v) is 8.03. The maximum absolute atomic E-state index is 5.45. The molecule has 0 spiro atoms. The Labute approximate surface area is 186 Å². The topological polar surface area (TPSA) is 98.0 Å². The molecule has 0 saturated carbocycles. The number of fused-ring (bicyclic) bond motifs is 1. The Kier molecular flexibility index (Phi) is 5.36. The highest BCUT2D eigenvalue weighted by Crippen LogP contribution is 2.30. The number of nitrogens with one attached hydrogen (secondary N) is 2. The third kappa shape index (κ3) is 3.84. The largest absolute Gasteiger partial charge is 0.378 e. The molecule has 1 aromatic carbocycles. The third-order valence-corrected chi connectivity index (χ3v) is 5.56. The summed E-state index contributed by atoms with van der Waals surface area (Å²) >= 11 is 0. The number of rotatable bonds is 6. The van der Waals surface area contributed by atoms with Gasteiger partial charge in [-0.3, -0.25) is 9.25 Å². The van der Waals surface area contributed by atoms with E-state index in [1.807, 2.05) is 13.1 Å². The predicted octanol–water partition coefficient (Wildman–Crippen LogP) is 3.46. The standard InChI is InChI=1S/C22H27N9O/c1-15(2)31-21-19(28-22(31)27-18-8-9-25-29(18)3)20(23-14-24-21)26-16-4-6-17(7-5-16)30-10-12-32-13-11-30/h4-9,14-15H,10-13H2,1-3H3,(H,27,28)(H,23,24,26). The fourth-order valence-electron chi connectivity index (χ4n) is 3.90. The quantitative estimate of drug-likeness (QED) is 0.477. The molecule has 0 amide bonds. The van der Waals surface area contributed by atoms with Gasteiger partial charge in [0.15, 0.2) is 17.0 Å². The molecule has 3 aromatic heterocycles. The zero-order valence-corrected chi connectivity index (χ0v) is 18.5. The van der Waals surface area contributed by atoms with E-state index in [1.165, 1.54) is 5.69 Å². The molecular formula is C22H27N9O. The maximum atomic E-state index is 5.45. The summed E-state index contributed by atoms with van der Waals surface area (Å²) in [6, 6.07) is 10.4. The molecule has 10 heteroatoms. The SMILES string of the molecule is CC(C)n1c(Nc2ccnn2C)nc2c(Nc3ccc(N4CCOCC4)cc3)ncnc21. The normalized spacial score (nSPS) is 14.3. The lowest BCUT2D eigenvalue weighted by Crippen LogP contribution is -2.36. The number of imidazole rings is 1. The predicted molar refractivity (Wildman–Crippen MR) is 125 cm³/mol. The van der Waals surface area contributed by atoms with Crippen molar-refractivity contribution < 1.29 is 4.74 Å². The van der Waals surface area contributed by atoms with Crippen molar-refractivity contribution in [1.82, 2.24) is 29.3 Å². The van der Waals surface area contributed by atoms with Crippen LogP contribution in [0.5, 0.6) is 0 Å². The molecule has 166 valence electrons. The fraction of sp³-hybridized carbons (Fsp3) is 0.364. The summed E-state index contributed by atoms with van der Waals surface area (Å²) in [6.07, 6.45) is 3.32. The number of hydrogen-bond donors (Lipinski definition) is 2. The number of hydrogen-bond acceptors (Lipinski definition) is 8. The summed E-state index contributed by atoms with van der Waals surface area (Å²) in [4.78, 5) is 16.2. The lowest BCUT2D eigenvalue weighted by molar-refractivity contribution is 0.122. The number of aryl methyl sites for hydroxylation is 1. The van der Waals surface area contributed by atoms with Crippen LogP contribution in [0, 0.1) is 0 Å². The van der Waals surface area contributed by atoms with Crippen LogP contribution in [0.15, 0.2) is 42.9 Å². The summed E-state index contributed by atoms with van der Waals surface area (Å²) in [5, 5.41) is 11.0. The van der Waals surface area contributed by atoms with Crippen LogP contribution in [-0.2, 0) is 11.8 Å². The lowest BCUT2D eigenvalue weighted by atomic mass is 10.2. The van der Waals surface area contributed by atoms with Crippen LogP contribution >= 0.6 is 0 Å². The average molecular weight is 434 g/mol. The Morgan fingerprint density at radius 3 is 2.47 bits per heavy atom. The van der Waals surface area contributed by atoms with Gasteiger partial charge in [0.25, 0.3) is 0 Å². The zero-order valence-electron chi connectivity index (χ0n) is 18.5. The number of aromatic nitrogens is 6. The first-order valence-corrected chi connectivity index (χ1v) is 10.8. The number of benzene rings is 1. The monoisotopic (exact) mass is 433 g/mol. The van der Waals surface area contributed by atoms with Gasteiger partial charge >= 0.3 is 0 Å². The van der Waals surface area contributed by atoms with Crippen molar-refractivity contribution in [2.24, 2.45) is 7.05 Å². The highest BCUT2D eigenvalue weighted by molar-refractivity contribution is 5.88. The second kappa shape index (κ2) is 8.46. The van der Waals surface area contributed by atoms with E-state index in [9.17, 15) is 0 Å². The lowest BCUT2D eigenvalue weighted by Gasteiger charge is -2.28. The number of nitrogens with zero attached hydrogens (tertiary/aromatic N) is 7. The Bertz CT molecular complexity index is 1210. The minimum absolute atomic E-state index is 0.159. The van der Waals surface area contributed by atoms with E-state index in [4.69, 9.17) is 9.72 Å². The van der Waals surface area contributed by atoms with Crippen LogP contribution in [-0.4, -0.2) is 55.6 Å². The Balaban J connectivity index is 1.45. The Morgan fingerprint density at radius 2 is 1.78 bits per heavy atom. The average Bonchev–Trinajstić information content (AvgIpc) is 3.38. The molecule has 0 bridgehead atoms. The van der Waals surface area contributed by atoms with Crippen molar-refractivity contribution in [2.45, 2.75) is 19.9 Å². The number of ether oxygens (including phenoxy) is 1. The molecule has 5 rings (SSSR count). The molecule has 0 atom stereocenters. The molecule has 32 heavy (non-hydrogen) atoms. The fourth-order valence-corrected chi connectivity index (χ4v) is 3.90. The van der Waals surface area contributed by atoms with Crippen molar-refractivity contribution in [3.05, 3.63) is 42.9 Å². The van der Waals surface area contributed by atoms with Gasteiger partial charge < -0.3 is 20.3 Å². The zero-order chi connectivity index (χ0) is 22.1. The summed E-state index contributed by atoms with van der Waals surface area (Å²) in [5.74, 6) is 2.22. The Hall–Kier alpha value is -3.66. The number of morpholine rings is 1. The van der Waals surface area contributed by atoms with Gasteiger partial charge in [-0.1, -0.05) is 0 Å². The van der Waals surface area contributed by atoms with Crippen molar-refractivity contribution in [1.29, 1.82) is 0 Å². The van der Waals surface area contributed by atoms with E-state index >= 15 is 0 Å². The van der Waals surface area contributed by atoms with Gasteiger partial charge in [-0.2, -0.15) is 5.10 Å². The molecule has 2 N–H and O–H groups in total. The van der Waals surface area contributed by atoms with Crippen LogP contribution in [0.2, 0.25) is 0 Å². The van der Waals surface area contributed by atoms with Crippen LogP contribution in [0.4, 0.5) is 29.0 Å².